The molecule has 19 heavy (non-hydrogen) atoms. The predicted octanol–water partition coefficient (Wildman–Crippen LogP) is 0.779. The summed E-state index contributed by atoms with van der Waals surface area (Å²) in [6, 6.07) is 3.90. The lowest BCUT2D eigenvalue weighted by molar-refractivity contribution is -0.136. The van der Waals surface area contributed by atoms with E-state index in [2.05, 4.69) is 10.2 Å². The van der Waals surface area contributed by atoms with Crippen molar-refractivity contribution in [3.05, 3.63) is 24.2 Å². The van der Waals surface area contributed by atoms with Gasteiger partial charge in [-0.3, -0.25) is 9.69 Å². The third-order valence-corrected chi connectivity index (χ3v) is 3.58. The van der Waals surface area contributed by atoms with Gasteiger partial charge in [0.1, 0.15) is 5.76 Å². The topological polar surface area (TPSA) is 48.7 Å². The van der Waals surface area contributed by atoms with Gasteiger partial charge in [0, 0.05) is 38.6 Å². The van der Waals surface area contributed by atoms with Crippen molar-refractivity contribution in [2.75, 3.05) is 39.8 Å². The molecule has 0 aliphatic carbocycles. The lowest BCUT2D eigenvalue weighted by Gasteiger charge is -2.35. The third-order valence-electron chi connectivity index (χ3n) is 3.58. The van der Waals surface area contributed by atoms with E-state index in [1.54, 1.807) is 6.26 Å². The Bertz CT molecular complexity index is 383. The molecule has 1 fully saturated rings. The quantitative estimate of drug-likeness (QED) is 0.855. The summed E-state index contributed by atoms with van der Waals surface area (Å²) in [4.78, 5) is 16.5. The Balaban J connectivity index is 1.77. The van der Waals surface area contributed by atoms with E-state index in [-0.39, 0.29) is 11.8 Å². The summed E-state index contributed by atoms with van der Waals surface area (Å²) in [5.74, 6) is 1.30. The summed E-state index contributed by atoms with van der Waals surface area (Å²) >= 11 is 0. The number of carbonyl (C=O) groups is 1. The Morgan fingerprint density at radius 3 is 2.74 bits per heavy atom. The van der Waals surface area contributed by atoms with E-state index >= 15 is 0 Å². The highest BCUT2D eigenvalue weighted by Gasteiger charge is 2.24. The first-order chi connectivity index (χ1) is 9.20. The molecule has 0 bridgehead atoms. The van der Waals surface area contributed by atoms with Crippen LogP contribution in [0.15, 0.2) is 22.8 Å². The SMILES string of the molecule is CNCC(C)C(=O)N1CCN(Cc2ccco2)CC1. The van der Waals surface area contributed by atoms with Crippen molar-refractivity contribution in [2.24, 2.45) is 5.92 Å². The van der Waals surface area contributed by atoms with Crippen LogP contribution in [0.4, 0.5) is 0 Å². The second kappa shape index (κ2) is 6.73. The molecule has 0 aromatic carbocycles. The van der Waals surface area contributed by atoms with Crippen molar-refractivity contribution >= 4 is 5.91 Å². The smallest absolute Gasteiger partial charge is 0.226 e. The van der Waals surface area contributed by atoms with E-state index < -0.39 is 0 Å². The van der Waals surface area contributed by atoms with Gasteiger partial charge in [0.15, 0.2) is 0 Å². The van der Waals surface area contributed by atoms with E-state index in [4.69, 9.17) is 4.42 Å². The zero-order valence-corrected chi connectivity index (χ0v) is 11.8. The van der Waals surface area contributed by atoms with Crippen LogP contribution in [0.5, 0.6) is 0 Å². The number of nitrogens with one attached hydrogen (secondary N) is 1. The third kappa shape index (κ3) is 3.81. The van der Waals surface area contributed by atoms with E-state index in [1.807, 2.05) is 31.0 Å². The number of hydrogen-bond donors (Lipinski definition) is 1. The van der Waals surface area contributed by atoms with Crippen molar-refractivity contribution in [3.63, 3.8) is 0 Å². The van der Waals surface area contributed by atoms with Crippen LogP contribution < -0.4 is 5.32 Å². The molecule has 1 aromatic heterocycles. The molecule has 1 N–H and O–H groups in total. The van der Waals surface area contributed by atoms with Crippen LogP contribution in [0.3, 0.4) is 0 Å². The van der Waals surface area contributed by atoms with E-state index in [1.165, 1.54) is 0 Å². The molecule has 5 heteroatoms. The Morgan fingerprint density at radius 1 is 1.42 bits per heavy atom. The van der Waals surface area contributed by atoms with Crippen LogP contribution in [0, 0.1) is 5.92 Å². The monoisotopic (exact) mass is 265 g/mol. The molecule has 1 amide bonds. The molecule has 106 valence electrons. The summed E-state index contributed by atoms with van der Waals surface area (Å²) in [7, 11) is 1.88. The lowest BCUT2D eigenvalue weighted by atomic mass is 10.1. The molecule has 2 rings (SSSR count). The van der Waals surface area contributed by atoms with Gasteiger partial charge in [-0.05, 0) is 19.2 Å². The highest BCUT2D eigenvalue weighted by molar-refractivity contribution is 5.78. The molecular weight excluding hydrogens is 242 g/mol. The zero-order chi connectivity index (χ0) is 13.7. The first-order valence-corrected chi connectivity index (χ1v) is 6.89. The standard InChI is InChI=1S/C14H23N3O2/c1-12(10-15-2)14(18)17-7-5-16(6-8-17)11-13-4-3-9-19-13/h3-4,9,12,15H,5-8,10-11H2,1-2H3. The predicted molar refractivity (Wildman–Crippen MR) is 73.7 cm³/mol. The molecule has 5 nitrogen and oxygen atoms in total. The minimum absolute atomic E-state index is 0.0571. The zero-order valence-electron chi connectivity index (χ0n) is 11.8. The number of amides is 1. The van der Waals surface area contributed by atoms with Crippen molar-refractivity contribution < 1.29 is 9.21 Å². The highest BCUT2D eigenvalue weighted by Crippen LogP contribution is 2.11. The van der Waals surface area contributed by atoms with E-state index in [0.717, 1.165) is 45.0 Å². The van der Waals surface area contributed by atoms with Gasteiger partial charge in [-0.15, -0.1) is 0 Å². The van der Waals surface area contributed by atoms with Crippen LogP contribution in [0.2, 0.25) is 0 Å². The Labute approximate surface area is 114 Å². The molecule has 1 aliphatic heterocycles. The van der Waals surface area contributed by atoms with Gasteiger partial charge in [0.2, 0.25) is 5.91 Å². The summed E-state index contributed by atoms with van der Waals surface area (Å²) in [6.07, 6.45) is 1.70. The number of carbonyl (C=O) groups excluding carboxylic acids is 1. The maximum absolute atomic E-state index is 12.2. The van der Waals surface area contributed by atoms with Crippen LogP contribution in [-0.4, -0.2) is 55.5 Å². The maximum atomic E-state index is 12.2. The molecule has 1 aromatic rings. The minimum Gasteiger partial charge on any atom is -0.468 e. The van der Waals surface area contributed by atoms with Gasteiger partial charge >= 0.3 is 0 Å². The minimum atomic E-state index is 0.0571. The number of hydrogen-bond acceptors (Lipinski definition) is 4. The lowest BCUT2D eigenvalue weighted by Crippen LogP contribution is -2.50. The summed E-state index contributed by atoms with van der Waals surface area (Å²) in [5.41, 5.74) is 0. The molecule has 1 unspecified atom stereocenters. The van der Waals surface area contributed by atoms with Crippen LogP contribution >= 0.6 is 0 Å². The highest BCUT2D eigenvalue weighted by atomic mass is 16.3. The number of nitrogens with zero attached hydrogens (tertiary/aromatic N) is 2. The van der Waals surface area contributed by atoms with Gasteiger partial charge in [-0.2, -0.15) is 0 Å². The van der Waals surface area contributed by atoms with Crippen molar-refractivity contribution in [2.45, 2.75) is 13.5 Å². The van der Waals surface area contributed by atoms with Crippen LogP contribution in [0.25, 0.3) is 0 Å². The van der Waals surface area contributed by atoms with Gasteiger partial charge in [0.05, 0.1) is 12.8 Å². The second-order valence-corrected chi connectivity index (χ2v) is 5.14. The van der Waals surface area contributed by atoms with Gasteiger partial charge in [0.25, 0.3) is 0 Å². The first kappa shape index (κ1) is 14.1. The van der Waals surface area contributed by atoms with Crippen LogP contribution in [0.1, 0.15) is 12.7 Å². The van der Waals surface area contributed by atoms with E-state index in [0.29, 0.717) is 0 Å². The summed E-state index contributed by atoms with van der Waals surface area (Å²) in [6.45, 7) is 7.01. The van der Waals surface area contributed by atoms with Crippen molar-refractivity contribution in [1.82, 2.24) is 15.1 Å². The molecule has 1 aliphatic rings. The molecule has 1 atom stereocenters. The first-order valence-electron chi connectivity index (χ1n) is 6.89. The van der Waals surface area contributed by atoms with Gasteiger partial charge in [-0.1, -0.05) is 6.92 Å². The normalized spacial score (nSPS) is 18.5. The molecular formula is C14H23N3O2. The molecule has 2 heterocycles. The summed E-state index contributed by atoms with van der Waals surface area (Å²) in [5, 5.41) is 3.06. The molecule has 0 spiro atoms. The van der Waals surface area contributed by atoms with Gasteiger partial charge in [-0.25, -0.2) is 0 Å². The largest absolute Gasteiger partial charge is 0.468 e. The Kier molecular flexibility index (Phi) is 4.99. The fourth-order valence-electron chi connectivity index (χ4n) is 2.45. The molecule has 0 radical (unpaired) electrons. The average molecular weight is 265 g/mol. The fourth-order valence-corrected chi connectivity index (χ4v) is 2.45. The second-order valence-electron chi connectivity index (χ2n) is 5.14. The average Bonchev–Trinajstić information content (AvgIpc) is 2.92. The van der Waals surface area contributed by atoms with E-state index in [9.17, 15) is 4.79 Å². The van der Waals surface area contributed by atoms with Crippen molar-refractivity contribution in [1.29, 1.82) is 0 Å². The summed E-state index contributed by atoms with van der Waals surface area (Å²) < 4.78 is 5.35. The Hall–Kier alpha value is -1.33. The fraction of sp³-hybridized carbons (Fsp3) is 0.643. The molecule has 0 saturated carbocycles. The maximum Gasteiger partial charge on any atom is 0.226 e. The molecule has 1 saturated heterocycles. The number of piperazine rings is 1. The van der Waals surface area contributed by atoms with Gasteiger partial charge < -0.3 is 14.6 Å². The number of rotatable bonds is 5. The Morgan fingerprint density at radius 2 is 2.16 bits per heavy atom. The van der Waals surface area contributed by atoms with Crippen molar-refractivity contribution in [3.8, 4) is 0 Å². The van der Waals surface area contributed by atoms with Crippen LogP contribution in [-0.2, 0) is 11.3 Å². The number of furan rings is 1.